The van der Waals surface area contributed by atoms with Crippen molar-refractivity contribution in [3.05, 3.63) is 39.8 Å². The molecule has 2 N–H and O–H groups in total. The highest BCUT2D eigenvalue weighted by Crippen LogP contribution is 2.34. The van der Waals surface area contributed by atoms with Crippen molar-refractivity contribution in [2.24, 2.45) is 0 Å². The predicted molar refractivity (Wildman–Crippen MR) is 119 cm³/mol. The van der Waals surface area contributed by atoms with E-state index in [9.17, 15) is 9.59 Å². The van der Waals surface area contributed by atoms with E-state index >= 15 is 0 Å². The molecule has 30 heavy (non-hydrogen) atoms. The van der Waals surface area contributed by atoms with Gasteiger partial charge < -0.3 is 29.6 Å². The summed E-state index contributed by atoms with van der Waals surface area (Å²) >= 11 is 6.49. The number of methoxy groups -OCH3 is 4. The average molecular weight is 453 g/mol. The molecule has 1 heterocycles. The van der Waals surface area contributed by atoms with Gasteiger partial charge in [-0.2, -0.15) is 0 Å². The number of carbonyl (C=O) groups excluding carboxylic acids is 2. The molecule has 0 fully saturated rings. The van der Waals surface area contributed by atoms with Crippen molar-refractivity contribution in [1.82, 2.24) is 5.32 Å². The smallest absolute Gasteiger partial charge is 0.348 e. The zero-order valence-corrected chi connectivity index (χ0v) is 19.2. The second kappa shape index (κ2) is 10.3. The minimum Gasteiger partial charge on any atom is -0.493 e. The molecule has 162 valence electrons. The van der Waals surface area contributed by atoms with Crippen molar-refractivity contribution in [2.45, 2.75) is 19.9 Å². The lowest BCUT2D eigenvalue weighted by Gasteiger charge is -2.18. The summed E-state index contributed by atoms with van der Waals surface area (Å²) in [6, 6.07) is 5.38. The summed E-state index contributed by atoms with van der Waals surface area (Å²) in [7, 11) is 5.70. The Balaban J connectivity index is 2.23. The minimum atomic E-state index is -0.572. The highest BCUT2D eigenvalue weighted by molar-refractivity contribution is 7.80. The molecule has 0 bridgehead atoms. The lowest BCUT2D eigenvalue weighted by atomic mass is 10.1. The predicted octanol–water partition coefficient (Wildman–Crippen LogP) is 3.69. The first kappa shape index (κ1) is 23.4. The highest BCUT2D eigenvalue weighted by atomic mass is 32.1. The van der Waals surface area contributed by atoms with Crippen LogP contribution < -0.4 is 20.1 Å². The Labute approximate surface area is 184 Å². The van der Waals surface area contributed by atoms with Gasteiger partial charge in [0.2, 0.25) is 0 Å². The maximum atomic E-state index is 12.2. The molecule has 0 saturated carbocycles. The molecule has 8 nitrogen and oxygen atoms in total. The Morgan fingerprint density at radius 1 is 1.03 bits per heavy atom. The molecule has 1 aromatic heterocycles. The van der Waals surface area contributed by atoms with Gasteiger partial charge in [-0.1, -0.05) is 6.07 Å². The lowest BCUT2D eigenvalue weighted by Crippen LogP contribution is -2.31. The number of anilines is 1. The molecule has 0 aliphatic carbocycles. The summed E-state index contributed by atoms with van der Waals surface area (Å²) in [4.78, 5) is 24.6. The van der Waals surface area contributed by atoms with Crippen LogP contribution in [0.25, 0.3) is 0 Å². The van der Waals surface area contributed by atoms with E-state index in [0.29, 0.717) is 26.9 Å². The van der Waals surface area contributed by atoms with Crippen molar-refractivity contribution in [3.63, 3.8) is 0 Å². The maximum absolute atomic E-state index is 12.2. The first-order chi connectivity index (χ1) is 14.3. The SMILES string of the molecule is COC(=O)c1sc(NC(=S)NC(C)c2ccc(OC)c(OC)c2)c(C(=O)OC)c1C. The van der Waals surface area contributed by atoms with E-state index in [1.54, 1.807) is 21.1 Å². The molecule has 0 saturated heterocycles. The largest absolute Gasteiger partial charge is 0.493 e. The van der Waals surface area contributed by atoms with E-state index in [1.807, 2.05) is 25.1 Å². The van der Waals surface area contributed by atoms with Crippen molar-refractivity contribution in [2.75, 3.05) is 33.8 Å². The number of hydrogen-bond acceptors (Lipinski definition) is 8. The molecule has 2 rings (SSSR count). The molecule has 0 radical (unpaired) electrons. The van der Waals surface area contributed by atoms with Crippen LogP contribution in [0.5, 0.6) is 11.5 Å². The number of thiocarbonyl (C=S) groups is 1. The number of nitrogens with one attached hydrogen (secondary N) is 2. The Hall–Kier alpha value is -2.85. The van der Waals surface area contributed by atoms with Crippen molar-refractivity contribution in [3.8, 4) is 11.5 Å². The Bertz CT molecular complexity index is 957. The quantitative estimate of drug-likeness (QED) is 0.482. The molecule has 1 atom stereocenters. The molecule has 0 aliphatic heterocycles. The number of ether oxygens (including phenoxy) is 4. The molecule has 1 aromatic carbocycles. The summed E-state index contributed by atoms with van der Waals surface area (Å²) in [5.41, 5.74) is 1.63. The molecule has 10 heteroatoms. The molecule has 1 unspecified atom stereocenters. The third-order valence-electron chi connectivity index (χ3n) is 4.39. The summed E-state index contributed by atoms with van der Waals surface area (Å²) < 4.78 is 20.2. The van der Waals surface area contributed by atoms with Crippen LogP contribution in [-0.2, 0) is 9.47 Å². The van der Waals surface area contributed by atoms with Crippen LogP contribution >= 0.6 is 23.6 Å². The van der Waals surface area contributed by atoms with Crippen LogP contribution in [0, 0.1) is 6.92 Å². The number of hydrogen-bond donors (Lipinski definition) is 2. The second-order valence-electron chi connectivity index (χ2n) is 6.18. The summed E-state index contributed by atoms with van der Waals surface area (Å²) in [6.07, 6.45) is 0. The van der Waals surface area contributed by atoms with Crippen molar-refractivity contribution >= 4 is 45.6 Å². The van der Waals surface area contributed by atoms with Gasteiger partial charge in [-0.25, -0.2) is 9.59 Å². The summed E-state index contributed by atoms with van der Waals surface area (Å²) in [5.74, 6) is 0.124. The third kappa shape index (κ3) is 5.00. The normalized spacial score (nSPS) is 11.3. The number of carbonyl (C=O) groups is 2. The van der Waals surface area contributed by atoms with Crippen LogP contribution in [0.4, 0.5) is 5.00 Å². The van der Waals surface area contributed by atoms with E-state index in [-0.39, 0.29) is 16.7 Å². The molecule has 2 aromatic rings. The fourth-order valence-corrected chi connectivity index (χ4v) is 4.24. The molecule has 0 aliphatic rings. The van der Waals surface area contributed by atoms with Gasteiger partial charge in [0.15, 0.2) is 16.6 Å². The summed E-state index contributed by atoms with van der Waals surface area (Å²) in [6.45, 7) is 3.58. The Kier molecular flexibility index (Phi) is 8.01. The molecule has 0 spiro atoms. The fourth-order valence-electron chi connectivity index (χ4n) is 2.78. The van der Waals surface area contributed by atoms with Crippen LogP contribution in [-0.4, -0.2) is 45.5 Å². The fraction of sp³-hybridized carbons (Fsp3) is 0.350. The van der Waals surface area contributed by atoms with Gasteiger partial charge in [-0.05, 0) is 49.3 Å². The maximum Gasteiger partial charge on any atom is 0.348 e. The number of thiophene rings is 1. The van der Waals surface area contributed by atoms with E-state index in [4.69, 9.17) is 31.2 Å². The van der Waals surface area contributed by atoms with Crippen LogP contribution in [0.3, 0.4) is 0 Å². The van der Waals surface area contributed by atoms with E-state index < -0.39 is 11.9 Å². The lowest BCUT2D eigenvalue weighted by molar-refractivity contribution is 0.0601. The number of benzene rings is 1. The van der Waals surface area contributed by atoms with Gasteiger partial charge in [0, 0.05) is 0 Å². The number of esters is 2. The molecular formula is C20H24N2O6S2. The van der Waals surface area contributed by atoms with Crippen molar-refractivity contribution < 1.29 is 28.5 Å². The minimum absolute atomic E-state index is 0.174. The first-order valence-corrected chi connectivity index (χ1v) is 10.1. The molecule has 0 amide bonds. The average Bonchev–Trinajstić information content (AvgIpc) is 3.07. The van der Waals surface area contributed by atoms with Crippen LogP contribution in [0.15, 0.2) is 18.2 Å². The zero-order chi connectivity index (χ0) is 22.4. The van der Waals surface area contributed by atoms with Gasteiger partial charge >= 0.3 is 11.9 Å². The first-order valence-electron chi connectivity index (χ1n) is 8.86. The van der Waals surface area contributed by atoms with Gasteiger partial charge in [0.25, 0.3) is 0 Å². The van der Waals surface area contributed by atoms with E-state index in [2.05, 4.69) is 10.6 Å². The van der Waals surface area contributed by atoms with Crippen molar-refractivity contribution in [1.29, 1.82) is 0 Å². The van der Waals surface area contributed by atoms with Crippen LogP contribution in [0.1, 0.15) is 44.1 Å². The zero-order valence-electron chi connectivity index (χ0n) is 17.6. The monoisotopic (exact) mass is 452 g/mol. The van der Waals surface area contributed by atoms with Gasteiger partial charge in [-0.3, -0.25) is 0 Å². The van der Waals surface area contributed by atoms with Crippen LogP contribution in [0.2, 0.25) is 0 Å². The topological polar surface area (TPSA) is 95.1 Å². The summed E-state index contributed by atoms with van der Waals surface area (Å²) in [5, 5.41) is 6.82. The van der Waals surface area contributed by atoms with E-state index in [1.165, 1.54) is 14.2 Å². The second-order valence-corrected chi connectivity index (χ2v) is 7.61. The Morgan fingerprint density at radius 2 is 1.67 bits per heavy atom. The van der Waals surface area contributed by atoms with Gasteiger partial charge in [-0.15, -0.1) is 11.3 Å². The van der Waals surface area contributed by atoms with E-state index in [0.717, 1.165) is 16.9 Å². The van der Waals surface area contributed by atoms with Gasteiger partial charge in [0.1, 0.15) is 9.88 Å². The molecular weight excluding hydrogens is 428 g/mol. The van der Waals surface area contributed by atoms with Gasteiger partial charge in [0.05, 0.1) is 40.0 Å². The number of rotatable bonds is 7. The third-order valence-corrected chi connectivity index (χ3v) is 5.80. The highest BCUT2D eigenvalue weighted by Gasteiger charge is 2.26. The Morgan fingerprint density at radius 3 is 2.23 bits per heavy atom. The standard InChI is InChI=1S/C20H24N2O6S2/c1-10-15(18(23)27-5)17(30-16(10)19(24)28-6)22-20(29)21-11(2)12-7-8-13(25-3)14(9-12)26-4/h7-9,11H,1-6H3,(H2,21,22,29).